The zero-order valence-electron chi connectivity index (χ0n) is 8.76. The first-order valence-electron chi connectivity index (χ1n) is 5.43. The number of halogens is 2. The van der Waals surface area contributed by atoms with Crippen LogP contribution in [0, 0.1) is 17.6 Å². The number of para-hydroxylation sites is 1. The Hall–Kier alpha value is -1.12. The van der Waals surface area contributed by atoms with E-state index in [0.717, 1.165) is 6.42 Å². The molecule has 0 spiro atoms. The van der Waals surface area contributed by atoms with Gasteiger partial charge in [0.2, 0.25) is 0 Å². The minimum atomic E-state index is -0.505. The highest BCUT2D eigenvalue weighted by atomic mass is 19.1. The smallest absolute Gasteiger partial charge is 0.149 e. The molecule has 1 unspecified atom stereocenters. The van der Waals surface area contributed by atoms with Crippen LogP contribution in [0.25, 0.3) is 0 Å². The maximum atomic E-state index is 13.3. The molecule has 0 saturated heterocycles. The number of hydrogen-bond donors (Lipinski definition) is 1. The second kappa shape index (κ2) is 4.17. The SMILES string of the molecule is CCC(Nc1c(F)cccc1F)C1CC1. The van der Waals surface area contributed by atoms with Gasteiger partial charge in [0.15, 0.2) is 0 Å². The summed E-state index contributed by atoms with van der Waals surface area (Å²) in [4.78, 5) is 0. The summed E-state index contributed by atoms with van der Waals surface area (Å²) < 4.78 is 26.7. The molecule has 1 saturated carbocycles. The van der Waals surface area contributed by atoms with Crippen LogP contribution in [0.2, 0.25) is 0 Å². The molecule has 0 radical (unpaired) electrons. The maximum Gasteiger partial charge on any atom is 0.149 e. The number of benzene rings is 1. The van der Waals surface area contributed by atoms with Crippen LogP contribution < -0.4 is 5.32 Å². The second-order valence-corrected chi connectivity index (χ2v) is 4.09. The normalized spacial score (nSPS) is 17.5. The Morgan fingerprint density at radius 3 is 2.40 bits per heavy atom. The fourth-order valence-electron chi connectivity index (χ4n) is 1.87. The third-order valence-corrected chi connectivity index (χ3v) is 2.92. The van der Waals surface area contributed by atoms with Gasteiger partial charge in [-0.05, 0) is 37.3 Å². The summed E-state index contributed by atoms with van der Waals surface area (Å²) in [5.41, 5.74) is 0.0243. The van der Waals surface area contributed by atoms with E-state index in [4.69, 9.17) is 0 Å². The summed E-state index contributed by atoms with van der Waals surface area (Å²) >= 11 is 0. The van der Waals surface area contributed by atoms with E-state index in [2.05, 4.69) is 5.32 Å². The lowest BCUT2D eigenvalue weighted by Gasteiger charge is -2.18. The lowest BCUT2D eigenvalue weighted by atomic mass is 10.1. The van der Waals surface area contributed by atoms with Gasteiger partial charge in [0.25, 0.3) is 0 Å². The van der Waals surface area contributed by atoms with Crippen molar-refractivity contribution >= 4 is 5.69 Å². The Morgan fingerprint density at radius 2 is 1.93 bits per heavy atom. The van der Waals surface area contributed by atoms with Gasteiger partial charge in [-0.25, -0.2) is 8.78 Å². The minimum absolute atomic E-state index is 0.0243. The first-order chi connectivity index (χ1) is 7.22. The minimum Gasteiger partial charge on any atom is -0.377 e. The Morgan fingerprint density at radius 1 is 1.33 bits per heavy atom. The predicted molar refractivity (Wildman–Crippen MR) is 56.8 cm³/mol. The van der Waals surface area contributed by atoms with E-state index >= 15 is 0 Å². The molecule has 1 nitrogen and oxygen atoms in total. The average Bonchev–Trinajstić information content (AvgIpc) is 3.01. The molecule has 1 aromatic rings. The van der Waals surface area contributed by atoms with Gasteiger partial charge in [-0.3, -0.25) is 0 Å². The Balaban J connectivity index is 2.14. The van der Waals surface area contributed by atoms with Crippen LogP contribution in [0.15, 0.2) is 18.2 Å². The van der Waals surface area contributed by atoms with Crippen LogP contribution in [0.1, 0.15) is 26.2 Å². The molecule has 0 amide bonds. The molecule has 82 valence electrons. The number of anilines is 1. The van der Waals surface area contributed by atoms with Gasteiger partial charge < -0.3 is 5.32 Å². The first kappa shape index (κ1) is 10.4. The molecular weight excluding hydrogens is 196 g/mol. The molecule has 1 aliphatic rings. The third kappa shape index (κ3) is 2.28. The monoisotopic (exact) mass is 211 g/mol. The molecule has 0 bridgehead atoms. The molecule has 1 fully saturated rings. The molecule has 2 rings (SSSR count). The van der Waals surface area contributed by atoms with Crippen LogP contribution in [0.4, 0.5) is 14.5 Å². The van der Waals surface area contributed by atoms with Gasteiger partial charge in [-0.2, -0.15) is 0 Å². The Bertz CT molecular complexity index is 327. The number of nitrogens with one attached hydrogen (secondary N) is 1. The van der Waals surface area contributed by atoms with Gasteiger partial charge in [-0.15, -0.1) is 0 Å². The van der Waals surface area contributed by atoms with E-state index < -0.39 is 11.6 Å². The maximum absolute atomic E-state index is 13.3. The van der Waals surface area contributed by atoms with E-state index in [1.807, 2.05) is 6.92 Å². The summed E-state index contributed by atoms with van der Waals surface area (Å²) in [5.74, 6) is -0.419. The molecule has 1 aliphatic carbocycles. The molecule has 1 aromatic carbocycles. The van der Waals surface area contributed by atoms with Gasteiger partial charge >= 0.3 is 0 Å². The van der Waals surface area contributed by atoms with Gasteiger partial charge in [0, 0.05) is 6.04 Å². The van der Waals surface area contributed by atoms with Crippen molar-refractivity contribution < 1.29 is 8.78 Å². The van der Waals surface area contributed by atoms with Crippen molar-refractivity contribution in [3.05, 3.63) is 29.8 Å². The van der Waals surface area contributed by atoms with Gasteiger partial charge in [0.1, 0.15) is 17.3 Å². The van der Waals surface area contributed by atoms with Crippen molar-refractivity contribution in [2.75, 3.05) is 5.32 Å². The van der Waals surface area contributed by atoms with Crippen LogP contribution in [0.5, 0.6) is 0 Å². The number of hydrogen-bond acceptors (Lipinski definition) is 1. The van der Waals surface area contributed by atoms with Gasteiger partial charge in [-0.1, -0.05) is 13.0 Å². The van der Waals surface area contributed by atoms with Crippen molar-refractivity contribution in [2.24, 2.45) is 5.92 Å². The summed E-state index contributed by atoms with van der Waals surface area (Å²) in [6.07, 6.45) is 3.24. The lowest BCUT2D eigenvalue weighted by Crippen LogP contribution is -2.22. The standard InChI is InChI=1S/C12H15F2N/c1-2-11(8-6-7-8)15-12-9(13)4-3-5-10(12)14/h3-5,8,11,15H,2,6-7H2,1H3. The second-order valence-electron chi connectivity index (χ2n) is 4.09. The van der Waals surface area contributed by atoms with Crippen molar-refractivity contribution in [3.63, 3.8) is 0 Å². The molecule has 1 atom stereocenters. The lowest BCUT2D eigenvalue weighted by molar-refractivity contribution is 0.563. The molecule has 3 heteroatoms. The van der Waals surface area contributed by atoms with E-state index in [1.165, 1.54) is 31.0 Å². The van der Waals surface area contributed by atoms with Crippen molar-refractivity contribution in [1.82, 2.24) is 0 Å². The third-order valence-electron chi connectivity index (χ3n) is 2.92. The van der Waals surface area contributed by atoms with Crippen molar-refractivity contribution in [3.8, 4) is 0 Å². The van der Waals surface area contributed by atoms with Gasteiger partial charge in [0.05, 0.1) is 0 Å². The molecule has 15 heavy (non-hydrogen) atoms. The molecule has 0 aliphatic heterocycles. The summed E-state index contributed by atoms with van der Waals surface area (Å²) in [7, 11) is 0. The molecular formula is C12H15F2N. The zero-order chi connectivity index (χ0) is 10.8. The summed E-state index contributed by atoms with van der Waals surface area (Å²) in [5, 5.41) is 2.98. The number of rotatable bonds is 4. The van der Waals surface area contributed by atoms with Crippen LogP contribution in [0.3, 0.4) is 0 Å². The van der Waals surface area contributed by atoms with Crippen molar-refractivity contribution in [2.45, 2.75) is 32.2 Å². The summed E-state index contributed by atoms with van der Waals surface area (Å²) in [6, 6.07) is 4.15. The predicted octanol–water partition coefficient (Wildman–Crippen LogP) is 3.57. The quantitative estimate of drug-likeness (QED) is 0.802. The van der Waals surface area contributed by atoms with Crippen LogP contribution in [-0.4, -0.2) is 6.04 Å². The van der Waals surface area contributed by atoms with E-state index in [1.54, 1.807) is 0 Å². The topological polar surface area (TPSA) is 12.0 Å². The highest BCUT2D eigenvalue weighted by molar-refractivity contribution is 5.47. The van der Waals surface area contributed by atoms with E-state index in [9.17, 15) is 8.78 Å². The molecule has 0 heterocycles. The van der Waals surface area contributed by atoms with E-state index in [0.29, 0.717) is 5.92 Å². The fraction of sp³-hybridized carbons (Fsp3) is 0.500. The highest BCUT2D eigenvalue weighted by Crippen LogP contribution is 2.36. The summed E-state index contributed by atoms with van der Waals surface area (Å²) in [6.45, 7) is 2.04. The molecule has 0 aromatic heterocycles. The Labute approximate surface area is 88.5 Å². The largest absolute Gasteiger partial charge is 0.377 e. The average molecular weight is 211 g/mol. The first-order valence-corrected chi connectivity index (χ1v) is 5.43. The zero-order valence-corrected chi connectivity index (χ0v) is 8.76. The molecule has 1 N–H and O–H groups in total. The van der Waals surface area contributed by atoms with Crippen LogP contribution >= 0.6 is 0 Å². The van der Waals surface area contributed by atoms with Crippen LogP contribution in [-0.2, 0) is 0 Å². The van der Waals surface area contributed by atoms with Crippen molar-refractivity contribution in [1.29, 1.82) is 0 Å². The Kier molecular flexibility index (Phi) is 2.89. The highest BCUT2D eigenvalue weighted by Gasteiger charge is 2.30. The van der Waals surface area contributed by atoms with E-state index in [-0.39, 0.29) is 11.7 Å². The fourth-order valence-corrected chi connectivity index (χ4v) is 1.87.